The van der Waals surface area contributed by atoms with Crippen molar-refractivity contribution in [3.63, 3.8) is 0 Å². The first-order valence-electron chi connectivity index (χ1n) is 31.3. The van der Waals surface area contributed by atoms with Crippen LogP contribution in [0.1, 0.15) is 174 Å². The third-order valence-corrected chi connectivity index (χ3v) is 13.1. The summed E-state index contributed by atoms with van der Waals surface area (Å²) in [5.74, 6) is 2.12. The van der Waals surface area contributed by atoms with E-state index in [2.05, 4.69) is 173 Å². The van der Waals surface area contributed by atoms with E-state index in [9.17, 15) is 19.5 Å². The van der Waals surface area contributed by atoms with Gasteiger partial charge in [0.2, 0.25) is 0 Å². The molecule has 8 aromatic heterocycles. The van der Waals surface area contributed by atoms with Gasteiger partial charge in [-0.05, 0) is 178 Å². The standard InChI is InChI=1S/C14H18N2.2C13H16N3.C13H17NO2.C11H15NO2.C10H13NO2.Pt/c1-10(2)6-12-4-5-14(16-8-12)13-7-11(3)15-9-13;2*1-9(2)6-11-4-5-12(14-8-11)13-7-10(3)15-16-13;1-9(2)6-11-4-5-12(14-8-11)13(16)7-10(3)15;1-8(2)6-9-4-5-10(12-7-9)11(13)14-3;1-7(2)5-8-3-4-9(10(12)13)11-6-8;/h4-5,7-8,10H,6,9H2,1-3H3;2*4-5,7-9H,6H2,1-3H3;4-5,7-9,16H,6H2,1-3H3;4-5,7-8H,6H2,1-3H3;3-4,6-7H,5H2,1-2H3,(H,12,13);/q;2*-1;;;;+2. The van der Waals surface area contributed by atoms with Crippen molar-refractivity contribution in [1.82, 2.24) is 50.3 Å². The van der Waals surface area contributed by atoms with Crippen LogP contribution in [-0.4, -0.2) is 87.4 Å². The monoisotopic (exact) mass is 1430 g/mol. The molecule has 0 atom stereocenters. The van der Waals surface area contributed by atoms with Crippen molar-refractivity contribution in [2.45, 2.75) is 149 Å². The fraction of sp³-hybridized carbons (Fsp3) is 0.405. The second kappa shape index (κ2) is 40.4. The largest absolute Gasteiger partial charge is 2.00 e. The molecule has 8 aromatic rings. The second-order valence-corrected chi connectivity index (χ2v) is 25.2. The number of methoxy groups -OCH3 is 1. The van der Waals surface area contributed by atoms with Crippen molar-refractivity contribution in [3.8, 4) is 22.8 Å². The Bertz CT molecular complexity index is 3400. The molecule has 0 bridgehead atoms. The molecule has 1 aliphatic rings. The number of hydrogen-bond donors (Lipinski definition) is 2. The molecule has 17 nitrogen and oxygen atoms in total. The summed E-state index contributed by atoms with van der Waals surface area (Å²) in [7, 11) is 1.35. The molecule has 0 radical (unpaired) electrons. The van der Waals surface area contributed by atoms with E-state index in [1.807, 2.05) is 81.8 Å². The molecule has 18 heteroatoms. The number of carbonyl (C=O) groups excluding carboxylic acids is 2. The maximum atomic E-state index is 11.1. The molecule has 0 aromatic carbocycles. The van der Waals surface area contributed by atoms with Crippen molar-refractivity contribution in [3.05, 3.63) is 202 Å². The van der Waals surface area contributed by atoms with E-state index in [0.717, 1.165) is 107 Å². The number of aliphatic imine (C=N–C) groups is 1. The van der Waals surface area contributed by atoms with Gasteiger partial charge < -0.3 is 35.3 Å². The number of aliphatic hydroxyl groups excluding tert-OH is 1. The Labute approximate surface area is 560 Å². The molecule has 1 aliphatic heterocycles. The predicted octanol–water partition coefficient (Wildman–Crippen LogP) is 15.2. The normalized spacial score (nSPS) is 11.6. The summed E-state index contributed by atoms with van der Waals surface area (Å²) in [6.45, 7) is 34.2. The van der Waals surface area contributed by atoms with Gasteiger partial charge in [0.1, 0.15) is 22.8 Å². The number of hydrogen-bond acceptors (Lipinski definition) is 14. The van der Waals surface area contributed by atoms with E-state index < -0.39 is 5.97 Å². The Hall–Kier alpha value is -8.43. The van der Waals surface area contributed by atoms with Gasteiger partial charge in [0.25, 0.3) is 0 Å². The minimum atomic E-state index is -0.976. The van der Waals surface area contributed by atoms with Gasteiger partial charge in [-0.25, -0.2) is 19.6 Å². The zero-order valence-electron chi connectivity index (χ0n) is 56.9. The SMILES string of the molecule is CC(=O)C=C(O)c1ccc(CC(C)C)cn1.CC(C)Cc1ccc(C(=O)O)nc1.CC1=NCC(c2ccc(CC(C)C)cn2)=C1.COC(=O)c1ccc(CC(C)C)cn1.Cc1cc(-c2ccc(CC(C)C)cn2)[n-]n1.Cc1cc(-c2ccc(CC(C)C)cn2)[n-]n1.[Pt+2]. The van der Waals surface area contributed by atoms with Gasteiger partial charge in [-0.1, -0.05) is 143 Å². The molecule has 9 heterocycles. The Morgan fingerprint density at radius 1 is 0.478 bits per heavy atom. The van der Waals surface area contributed by atoms with Gasteiger partial charge in [0, 0.05) is 77.3 Å². The van der Waals surface area contributed by atoms with E-state index in [-0.39, 0.29) is 44.3 Å². The number of carboxylic acid groups (broad SMARTS) is 1. The Kier molecular flexibility index (Phi) is 34.2. The Morgan fingerprint density at radius 3 is 1.05 bits per heavy atom. The average Bonchev–Trinajstić information content (AvgIpc) is 2.19. The molecule has 0 amide bonds. The van der Waals surface area contributed by atoms with Crippen molar-refractivity contribution in [2.75, 3.05) is 13.7 Å². The predicted molar refractivity (Wildman–Crippen MR) is 365 cm³/mol. The number of aromatic carboxylic acids is 1. The zero-order valence-corrected chi connectivity index (χ0v) is 59.2. The number of carboxylic acids is 1. The minimum absolute atomic E-state index is 0. The zero-order chi connectivity index (χ0) is 67.2. The number of nitrogens with zero attached hydrogens (tertiary/aromatic N) is 11. The van der Waals surface area contributed by atoms with Crippen LogP contribution in [-0.2, 0) is 69.1 Å². The fourth-order valence-electron chi connectivity index (χ4n) is 9.10. The molecule has 492 valence electrons. The number of esters is 1. The van der Waals surface area contributed by atoms with Crippen LogP contribution in [0.25, 0.3) is 34.1 Å². The van der Waals surface area contributed by atoms with E-state index in [0.29, 0.717) is 46.9 Å². The summed E-state index contributed by atoms with van der Waals surface area (Å²) in [4.78, 5) is 62.0. The first kappa shape index (κ1) is 77.8. The molecule has 9 rings (SSSR count). The Morgan fingerprint density at radius 2 is 0.804 bits per heavy atom. The molecule has 0 fully saturated rings. The van der Waals surface area contributed by atoms with E-state index >= 15 is 0 Å². The molecule has 0 saturated heterocycles. The molecule has 0 aliphatic carbocycles. The number of aliphatic hydroxyl groups is 1. The van der Waals surface area contributed by atoms with Gasteiger partial charge in [-0.15, -0.1) is 0 Å². The number of rotatable bonds is 19. The molecule has 0 saturated carbocycles. The summed E-state index contributed by atoms with van der Waals surface area (Å²) < 4.78 is 4.56. The van der Waals surface area contributed by atoms with Crippen LogP contribution in [0, 0.1) is 49.4 Å². The van der Waals surface area contributed by atoms with Crippen LogP contribution < -0.4 is 10.2 Å². The van der Waals surface area contributed by atoms with E-state index in [4.69, 9.17) is 5.11 Å². The molecule has 92 heavy (non-hydrogen) atoms. The minimum Gasteiger partial charge on any atom is -0.574 e. The van der Waals surface area contributed by atoms with Crippen LogP contribution in [0.3, 0.4) is 0 Å². The molecule has 2 N–H and O–H groups in total. The van der Waals surface area contributed by atoms with Crippen molar-refractivity contribution < 1.29 is 50.4 Å². The van der Waals surface area contributed by atoms with Crippen LogP contribution in [0.5, 0.6) is 0 Å². The second-order valence-electron chi connectivity index (χ2n) is 25.2. The number of aryl methyl sites for hydroxylation is 2. The summed E-state index contributed by atoms with van der Waals surface area (Å²) >= 11 is 0. The summed E-state index contributed by atoms with van der Waals surface area (Å²) in [5, 5.41) is 34.2. The smallest absolute Gasteiger partial charge is 0.574 e. The topological polar surface area (TPSA) is 245 Å². The fourth-order valence-corrected chi connectivity index (χ4v) is 9.10. The maximum absolute atomic E-state index is 11.1. The van der Waals surface area contributed by atoms with Crippen LogP contribution in [0.2, 0.25) is 0 Å². The number of ether oxygens (including phenoxy) is 1. The van der Waals surface area contributed by atoms with Crippen LogP contribution in [0.4, 0.5) is 0 Å². The number of aromatic nitrogens is 10. The number of carbonyl (C=O) groups is 3. The first-order chi connectivity index (χ1) is 43.2. The number of allylic oxidation sites excluding steroid dienone is 2. The molecule has 0 spiro atoms. The summed E-state index contributed by atoms with van der Waals surface area (Å²) in [5.41, 5.74) is 16.9. The molecule has 0 unspecified atom stereocenters. The van der Waals surface area contributed by atoms with Gasteiger partial charge >= 0.3 is 33.0 Å². The quantitative estimate of drug-likeness (QED) is 0.0434. The molecular weight excluding hydrogens is 1330 g/mol. The summed E-state index contributed by atoms with van der Waals surface area (Å²) in [6, 6.07) is 27.1. The van der Waals surface area contributed by atoms with Crippen molar-refractivity contribution in [1.29, 1.82) is 0 Å². The average molecular weight is 1430 g/mol. The van der Waals surface area contributed by atoms with Crippen molar-refractivity contribution in [2.24, 2.45) is 40.5 Å². The number of pyridine rings is 6. The van der Waals surface area contributed by atoms with Gasteiger partial charge in [-0.2, -0.15) is 0 Å². The van der Waals surface area contributed by atoms with Gasteiger partial charge in [0.15, 0.2) is 5.78 Å². The number of ketones is 1. The van der Waals surface area contributed by atoms with Crippen LogP contribution in [0.15, 0.2) is 139 Å². The summed E-state index contributed by atoms with van der Waals surface area (Å²) in [6.07, 6.45) is 20.3. The maximum Gasteiger partial charge on any atom is 2.00 e. The molecular formula is C74H95N11O6Pt. The third kappa shape index (κ3) is 30.1. The van der Waals surface area contributed by atoms with E-state index in [1.54, 1.807) is 36.8 Å². The van der Waals surface area contributed by atoms with Crippen molar-refractivity contribution >= 4 is 34.8 Å². The van der Waals surface area contributed by atoms with Gasteiger partial charge in [-0.3, -0.25) is 29.7 Å². The Balaban J connectivity index is 0.000000288. The third-order valence-electron chi connectivity index (χ3n) is 13.1. The van der Waals surface area contributed by atoms with E-state index in [1.165, 1.54) is 42.4 Å². The van der Waals surface area contributed by atoms with Gasteiger partial charge in [0.05, 0.1) is 19.3 Å². The van der Waals surface area contributed by atoms with Crippen LogP contribution >= 0.6 is 0 Å². The first-order valence-corrected chi connectivity index (χ1v) is 31.3.